The highest BCUT2D eigenvalue weighted by Crippen LogP contribution is 2.38. The van der Waals surface area contributed by atoms with Gasteiger partial charge in [-0.05, 0) is 49.4 Å². The van der Waals surface area contributed by atoms with Gasteiger partial charge in [0.1, 0.15) is 5.75 Å². The van der Waals surface area contributed by atoms with E-state index in [0.717, 1.165) is 49.8 Å². The van der Waals surface area contributed by atoms with Crippen LogP contribution in [0.4, 0.5) is 0 Å². The summed E-state index contributed by atoms with van der Waals surface area (Å²) in [5, 5.41) is 5.94. The predicted molar refractivity (Wildman–Crippen MR) is 111 cm³/mol. The van der Waals surface area contributed by atoms with Gasteiger partial charge in [-0.15, -0.1) is 22.7 Å². The summed E-state index contributed by atoms with van der Waals surface area (Å²) in [5.74, 6) is 2.41. The van der Waals surface area contributed by atoms with Gasteiger partial charge in [-0.2, -0.15) is 0 Å². The molecule has 5 rings (SSSR count). The van der Waals surface area contributed by atoms with E-state index in [2.05, 4.69) is 5.38 Å². The van der Waals surface area contributed by atoms with Crippen molar-refractivity contribution in [1.29, 1.82) is 0 Å². The number of benzene rings is 2. The van der Waals surface area contributed by atoms with E-state index in [1.165, 1.54) is 0 Å². The van der Waals surface area contributed by atoms with Gasteiger partial charge in [0.15, 0.2) is 21.5 Å². The van der Waals surface area contributed by atoms with Gasteiger partial charge in [0.2, 0.25) is 6.79 Å². The molecule has 5 nitrogen and oxygen atoms in total. The Morgan fingerprint density at radius 3 is 2.21 bits per heavy atom. The molecule has 0 bridgehead atoms. The van der Waals surface area contributed by atoms with Crippen molar-refractivity contribution in [3.8, 4) is 49.8 Å². The summed E-state index contributed by atoms with van der Waals surface area (Å²) in [6.07, 6.45) is 0. The smallest absolute Gasteiger partial charge is 0.231 e. The van der Waals surface area contributed by atoms with Crippen LogP contribution in [-0.2, 0) is 0 Å². The molecule has 0 saturated carbocycles. The molecule has 1 aliphatic rings. The molecular formula is C21H16N2O3S2. The second-order valence-corrected chi connectivity index (χ2v) is 7.82. The summed E-state index contributed by atoms with van der Waals surface area (Å²) in [6.45, 7) is 2.91. The molecule has 1 aliphatic heterocycles. The van der Waals surface area contributed by atoms with Crippen LogP contribution in [0.25, 0.3) is 32.5 Å². The Kier molecular flexibility index (Phi) is 4.46. The molecule has 0 atom stereocenters. The highest BCUT2D eigenvalue weighted by molar-refractivity contribution is 7.20. The number of nitrogens with zero attached hydrogens (tertiary/aromatic N) is 2. The zero-order chi connectivity index (χ0) is 18.9. The minimum atomic E-state index is 0.272. The highest BCUT2D eigenvalue weighted by atomic mass is 32.1. The summed E-state index contributed by atoms with van der Waals surface area (Å²) in [4.78, 5) is 9.54. The lowest BCUT2D eigenvalue weighted by Gasteiger charge is -2.03. The van der Waals surface area contributed by atoms with Gasteiger partial charge in [-0.1, -0.05) is 0 Å². The molecule has 28 heavy (non-hydrogen) atoms. The molecule has 7 heteroatoms. The number of aromatic nitrogens is 2. The maximum absolute atomic E-state index is 5.50. The summed E-state index contributed by atoms with van der Waals surface area (Å²) in [7, 11) is 0. The van der Waals surface area contributed by atoms with Gasteiger partial charge < -0.3 is 14.2 Å². The van der Waals surface area contributed by atoms with E-state index < -0.39 is 0 Å². The molecule has 0 aliphatic carbocycles. The zero-order valence-electron chi connectivity index (χ0n) is 15.0. The quantitative estimate of drug-likeness (QED) is 0.422. The van der Waals surface area contributed by atoms with E-state index in [0.29, 0.717) is 6.61 Å². The molecule has 0 fully saturated rings. The van der Waals surface area contributed by atoms with Gasteiger partial charge in [0, 0.05) is 21.9 Å². The van der Waals surface area contributed by atoms with E-state index >= 15 is 0 Å². The standard InChI is InChI=1S/C21H16N2O3S2/c1-2-24-15-6-3-13(4-7-15)16-10-27-20(22-16)21-23-17(11-28-21)14-5-8-18-19(9-14)26-12-25-18/h3-11H,2,12H2,1H3. The fourth-order valence-electron chi connectivity index (χ4n) is 2.95. The van der Waals surface area contributed by atoms with Gasteiger partial charge in [0.25, 0.3) is 0 Å². The van der Waals surface area contributed by atoms with Gasteiger partial charge >= 0.3 is 0 Å². The van der Waals surface area contributed by atoms with E-state index in [9.17, 15) is 0 Å². The third-order valence-corrected chi connectivity index (χ3v) is 6.15. The van der Waals surface area contributed by atoms with Crippen molar-refractivity contribution in [3.05, 3.63) is 53.2 Å². The number of fused-ring (bicyclic) bond motifs is 1. The number of rotatable bonds is 5. The molecule has 0 unspecified atom stereocenters. The van der Waals surface area contributed by atoms with E-state index in [-0.39, 0.29) is 6.79 Å². The van der Waals surface area contributed by atoms with Crippen molar-refractivity contribution in [2.24, 2.45) is 0 Å². The normalized spacial score (nSPS) is 12.3. The predicted octanol–water partition coefficient (Wildman–Crippen LogP) is 5.73. The summed E-state index contributed by atoms with van der Waals surface area (Å²) in [6, 6.07) is 13.9. The number of ether oxygens (including phenoxy) is 3. The molecule has 0 N–H and O–H groups in total. The minimum Gasteiger partial charge on any atom is -0.494 e. The Morgan fingerprint density at radius 1 is 0.857 bits per heavy atom. The Labute approximate surface area is 170 Å². The Bertz CT molecular complexity index is 1120. The fraction of sp³-hybridized carbons (Fsp3) is 0.143. The first-order valence-electron chi connectivity index (χ1n) is 8.85. The molecular weight excluding hydrogens is 392 g/mol. The summed E-state index contributed by atoms with van der Waals surface area (Å²) in [5.41, 5.74) is 3.94. The van der Waals surface area contributed by atoms with E-state index in [1.54, 1.807) is 22.7 Å². The topological polar surface area (TPSA) is 53.5 Å². The van der Waals surface area contributed by atoms with Crippen molar-refractivity contribution in [1.82, 2.24) is 9.97 Å². The summed E-state index contributed by atoms with van der Waals surface area (Å²) >= 11 is 3.19. The maximum Gasteiger partial charge on any atom is 0.231 e. The van der Waals surface area contributed by atoms with E-state index in [1.807, 2.05) is 54.8 Å². The van der Waals surface area contributed by atoms with Gasteiger partial charge in [-0.25, -0.2) is 9.97 Å². The first-order chi connectivity index (χ1) is 13.8. The van der Waals surface area contributed by atoms with Crippen molar-refractivity contribution < 1.29 is 14.2 Å². The molecule has 2 aromatic heterocycles. The first kappa shape index (κ1) is 17.2. The molecule has 0 radical (unpaired) electrons. The molecule has 0 spiro atoms. The van der Waals surface area contributed by atoms with Crippen molar-refractivity contribution in [2.45, 2.75) is 6.92 Å². The monoisotopic (exact) mass is 408 g/mol. The Balaban J connectivity index is 1.39. The van der Waals surface area contributed by atoms with Gasteiger partial charge in [0.05, 0.1) is 18.0 Å². The number of hydrogen-bond acceptors (Lipinski definition) is 7. The van der Waals surface area contributed by atoms with E-state index in [4.69, 9.17) is 24.2 Å². The summed E-state index contributed by atoms with van der Waals surface area (Å²) < 4.78 is 16.3. The van der Waals surface area contributed by atoms with Crippen molar-refractivity contribution >= 4 is 22.7 Å². The average Bonchev–Trinajstić information content (AvgIpc) is 3.47. The first-order valence-corrected chi connectivity index (χ1v) is 10.6. The molecule has 4 aromatic rings. The largest absolute Gasteiger partial charge is 0.494 e. The lowest BCUT2D eigenvalue weighted by molar-refractivity contribution is 0.174. The van der Waals surface area contributed by atoms with Crippen molar-refractivity contribution in [3.63, 3.8) is 0 Å². The lowest BCUT2D eigenvalue weighted by atomic mass is 10.1. The van der Waals surface area contributed by atoms with Crippen molar-refractivity contribution in [2.75, 3.05) is 13.4 Å². The fourth-order valence-corrected chi connectivity index (χ4v) is 4.66. The van der Waals surface area contributed by atoms with Crippen LogP contribution in [0.15, 0.2) is 53.2 Å². The Morgan fingerprint density at radius 2 is 1.50 bits per heavy atom. The van der Waals surface area contributed by atoms with Crippen LogP contribution >= 0.6 is 22.7 Å². The second-order valence-electron chi connectivity index (χ2n) is 6.10. The van der Waals surface area contributed by atoms with Crippen LogP contribution in [0.2, 0.25) is 0 Å². The van der Waals surface area contributed by atoms with Crippen LogP contribution < -0.4 is 14.2 Å². The van der Waals surface area contributed by atoms with Crippen LogP contribution in [0.3, 0.4) is 0 Å². The second kappa shape index (κ2) is 7.26. The molecule has 3 heterocycles. The Hall–Kier alpha value is -2.90. The molecule has 0 amide bonds. The number of hydrogen-bond donors (Lipinski definition) is 0. The maximum atomic E-state index is 5.50. The van der Waals surface area contributed by atoms with Gasteiger partial charge in [-0.3, -0.25) is 0 Å². The number of thiazole rings is 2. The van der Waals surface area contributed by atoms with Crippen LogP contribution in [0.1, 0.15) is 6.92 Å². The average molecular weight is 409 g/mol. The molecule has 0 saturated heterocycles. The molecule has 2 aromatic carbocycles. The third kappa shape index (κ3) is 3.23. The molecule has 140 valence electrons. The van der Waals surface area contributed by atoms with Crippen LogP contribution in [-0.4, -0.2) is 23.4 Å². The SMILES string of the molecule is CCOc1ccc(-c2csc(-c3nc(-c4ccc5c(c4)OCO5)cs3)n2)cc1. The van der Waals surface area contributed by atoms with Crippen LogP contribution in [0, 0.1) is 0 Å². The third-order valence-electron chi connectivity index (χ3n) is 4.32. The zero-order valence-corrected chi connectivity index (χ0v) is 16.7. The van der Waals surface area contributed by atoms with Crippen LogP contribution in [0.5, 0.6) is 17.2 Å². The lowest BCUT2D eigenvalue weighted by Crippen LogP contribution is -1.92. The highest BCUT2D eigenvalue weighted by Gasteiger charge is 2.16. The minimum absolute atomic E-state index is 0.272.